The van der Waals surface area contributed by atoms with E-state index in [2.05, 4.69) is 26.4 Å². The molecule has 0 saturated carbocycles. The van der Waals surface area contributed by atoms with Gasteiger partial charge in [-0.05, 0) is 41.9 Å². The molecule has 1 aromatic heterocycles. The number of benzene rings is 1. The van der Waals surface area contributed by atoms with Gasteiger partial charge in [0.15, 0.2) is 16.8 Å². The lowest BCUT2D eigenvalue weighted by Gasteiger charge is -2.09. The summed E-state index contributed by atoms with van der Waals surface area (Å²) in [5, 5.41) is 14.4. The fraction of sp³-hybridized carbons (Fsp3) is 0. The number of nitrogens with zero attached hydrogens (tertiary/aromatic N) is 1. The highest BCUT2D eigenvalue weighted by molar-refractivity contribution is 9.10. The molecular weight excluding hydrogens is 350 g/mol. The number of carbonyl (C=O) groups is 1. The molecule has 2 aromatic rings. The van der Waals surface area contributed by atoms with Crippen LogP contribution in [0.4, 0.5) is 5.69 Å². The van der Waals surface area contributed by atoms with E-state index in [1.807, 2.05) is 0 Å². The molecule has 0 aliphatic rings. The van der Waals surface area contributed by atoms with E-state index in [9.17, 15) is 4.79 Å². The molecule has 4 N–H and O–H groups in total. The van der Waals surface area contributed by atoms with E-state index in [-0.39, 0.29) is 16.8 Å². The van der Waals surface area contributed by atoms with Crippen molar-refractivity contribution in [2.75, 3.05) is 5.32 Å². The SMILES string of the molecule is N/C(=N/O)c1ccc(Br)cc1NC(=O)c1ccc(Cl)o1. The lowest BCUT2D eigenvalue weighted by molar-refractivity contribution is 0.0996. The first-order chi connectivity index (χ1) is 9.51. The Hall–Kier alpha value is -1.99. The molecule has 1 amide bonds. The normalized spacial score (nSPS) is 11.4. The fourth-order valence-electron chi connectivity index (χ4n) is 1.52. The van der Waals surface area contributed by atoms with Crippen LogP contribution in [-0.4, -0.2) is 17.0 Å². The number of rotatable bonds is 3. The second-order valence-electron chi connectivity index (χ2n) is 3.73. The monoisotopic (exact) mass is 357 g/mol. The van der Waals surface area contributed by atoms with E-state index in [1.54, 1.807) is 18.2 Å². The molecule has 0 unspecified atom stereocenters. The zero-order valence-corrected chi connectivity index (χ0v) is 12.3. The van der Waals surface area contributed by atoms with Crippen molar-refractivity contribution in [3.05, 3.63) is 51.3 Å². The Morgan fingerprint density at radius 1 is 1.40 bits per heavy atom. The molecular formula is C12H9BrClN3O3. The van der Waals surface area contributed by atoms with Crippen LogP contribution in [0.15, 0.2) is 44.4 Å². The van der Waals surface area contributed by atoms with Gasteiger partial charge in [-0.1, -0.05) is 21.1 Å². The van der Waals surface area contributed by atoms with Gasteiger partial charge in [0.25, 0.3) is 5.91 Å². The summed E-state index contributed by atoms with van der Waals surface area (Å²) in [6.45, 7) is 0. The first-order valence-corrected chi connectivity index (χ1v) is 6.52. The van der Waals surface area contributed by atoms with Crippen molar-refractivity contribution in [2.24, 2.45) is 10.9 Å². The molecule has 1 heterocycles. The first kappa shape index (κ1) is 14.4. The molecule has 6 nitrogen and oxygen atoms in total. The Balaban J connectivity index is 2.33. The smallest absolute Gasteiger partial charge is 0.291 e. The van der Waals surface area contributed by atoms with Crippen molar-refractivity contribution in [1.29, 1.82) is 0 Å². The van der Waals surface area contributed by atoms with Crippen molar-refractivity contribution in [3.63, 3.8) is 0 Å². The Kier molecular flexibility index (Phi) is 4.31. The van der Waals surface area contributed by atoms with Gasteiger partial charge in [-0.25, -0.2) is 0 Å². The summed E-state index contributed by atoms with van der Waals surface area (Å²) in [5.74, 6) is -0.562. The highest BCUT2D eigenvalue weighted by atomic mass is 79.9. The van der Waals surface area contributed by atoms with Gasteiger partial charge in [-0.15, -0.1) is 0 Å². The van der Waals surface area contributed by atoms with Crippen LogP contribution >= 0.6 is 27.5 Å². The summed E-state index contributed by atoms with van der Waals surface area (Å²) in [5.41, 5.74) is 6.30. The number of anilines is 1. The summed E-state index contributed by atoms with van der Waals surface area (Å²) in [6.07, 6.45) is 0. The van der Waals surface area contributed by atoms with Crippen LogP contribution < -0.4 is 11.1 Å². The minimum atomic E-state index is -0.498. The largest absolute Gasteiger partial charge is 0.440 e. The molecule has 0 fully saturated rings. The molecule has 0 spiro atoms. The van der Waals surface area contributed by atoms with E-state index >= 15 is 0 Å². The number of halogens is 2. The highest BCUT2D eigenvalue weighted by Gasteiger charge is 2.15. The molecule has 0 aliphatic carbocycles. The van der Waals surface area contributed by atoms with Crippen LogP contribution in [-0.2, 0) is 0 Å². The Morgan fingerprint density at radius 3 is 2.75 bits per heavy atom. The average Bonchev–Trinajstić information content (AvgIpc) is 2.85. The van der Waals surface area contributed by atoms with Gasteiger partial charge in [0.05, 0.1) is 5.69 Å². The van der Waals surface area contributed by atoms with Crippen molar-refractivity contribution in [3.8, 4) is 0 Å². The number of nitrogens with one attached hydrogen (secondary N) is 1. The maximum Gasteiger partial charge on any atom is 0.291 e. The standard InChI is InChI=1S/C12H9BrClN3O3/c13-6-1-2-7(11(15)17-19)8(5-6)16-12(18)9-3-4-10(14)20-9/h1-5,19H,(H2,15,17)(H,16,18). The van der Waals surface area contributed by atoms with Crippen LogP contribution in [0.1, 0.15) is 16.1 Å². The third-order valence-corrected chi connectivity index (χ3v) is 3.11. The number of oxime groups is 1. The lowest BCUT2D eigenvalue weighted by atomic mass is 10.1. The molecule has 0 aliphatic heterocycles. The summed E-state index contributed by atoms with van der Waals surface area (Å²) >= 11 is 8.89. The van der Waals surface area contributed by atoms with E-state index < -0.39 is 5.91 Å². The van der Waals surface area contributed by atoms with Crippen LogP contribution in [0.25, 0.3) is 0 Å². The zero-order chi connectivity index (χ0) is 14.7. The van der Waals surface area contributed by atoms with Crippen LogP contribution in [0.5, 0.6) is 0 Å². The van der Waals surface area contributed by atoms with Gasteiger partial charge in [-0.2, -0.15) is 0 Å². The van der Waals surface area contributed by atoms with Gasteiger partial charge in [-0.3, -0.25) is 4.79 Å². The van der Waals surface area contributed by atoms with E-state index in [1.165, 1.54) is 12.1 Å². The minimum absolute atomic E-state index is 0.0560. The lowest BCUT2D eigenvalue weighted by Crippen LogP contribution is -2.19. The molecule has 104 valence electrons. The molecule has 0 radical (unpaired) electrons. The summed E-state index contributed by atoms with van der Waals surface area (Å²) < 4.78 is 5.73. The Morgan fingerprint density at radius 2 is 2.15 bits per heavy atom. The maximum absolute atomic E-state index is 12.0. The number of amides is 1. The molecule has 0 atom stereocenters. The molecule has 0 bridgehead atoms. The van der Waals surface area contributed by atoms with E-state index in [0.717, 1.165) is 4.47 Å². The first-order valence-electron chi connectivity index (χ1n) is 5.35. The number of nitrogens with two attached hydrogens (primary N) is 1. The van der Waals surface area contributed by atoms with Gasteiger partial charge in [0, 0.05) is 10.0 Å². The molecule has 2 rings (SSSR count). The minimum Gasteiger partial charge on any atom is -0.440 e. The summed E-state index contributed by atoms with van der Waals surface area (Å²) in [7, 11) is 0. The quantitative estimate of drug-likeness (QED) is 0.340. The molecule has 8 heteroatoms. The number of carbonyl (C=O) groups excluding carboxylic acids is 1. The van der Waals surface area contributed by atoms with Gasteiger partial charge >= 0.3 is 0 Å². The van der Waals surface area contributed by atoms with Crippen molar-refractivity contribution in [2.45, 2.75) is 0 Å². The number of furan rings is 1. The van der Waals surface area contributed by atoms with Crippen LogP contribution in [0, 0.1) is 0 Å². The number of hydrogen-bond donors (Lipinski definition) is 3. The van der Waals surface area contributed by atoms with E-state index in [4.69, 9.17) is 27.0 Å². The molecule has 1 aromatic carbocycles. The summed E-state index contributed by atoms with van der Waals surface area (Å²) in [4.78, 5) is 12.0. The highest BCUT2D eigenvalue weighted by Crippen LogP contribution is 2.23. The van der Waals surface area contributed by atoms with Crippen LogP contribution in [0.3, 0.4) is 0 Å². The molecule has 0 saturated heterocycles. The van der Waals surface area contributed by atoms with E-state index in [0.29, 0.717) is 11.3 Å². The maximum atomic E-state index is 12.0. The Labute approximate surface area is 127 Å². The summed E-state index contributed by atoms with van der Waals surface area (Å²) in [6, 6.07) is 7.83. The predicted molar refractivity (Wildman–Crippen MR) is 78.3 cm³/mol. The average molecular weight is 359 g/mol. The van der Waals surface area contributed by atoms with Gasteiger partial charge < -0.3 is 20.7 Å². The third-order valence-electron chi connectivity index (χ3n) is 2.41. The number of amidine groups is 1. The van der Waals surface area contributed by atoms with Crippen molar-refractivity contribution in [1.82, 2.24) is 0 Å². The van der Waals surface area contributed by atoms with Crippen molar-refractivity contribution < 1.29 is 14.4 Å². The number of hydrogen-bond acceptors (Lipinski definition) is 4. The van der Waals surface area contributed by atoms with Crippen molar-refractivity contribution >= 4 is 45.0 Å². The van der Waals surface area contributed by atoms with Gasteiger partial charge in [0.1, 0.15) is 0 Å². The van der Waals surface area contributed by atoms with Crippen LogP contribution in [0.2, 0.25) is 5.22 Å². The second-order valence-corrected chi connectivity index (χ2v) is 5.02. The zero-order valence-electron chi connectivity index (χ0n) is 9.93. The van der Waals surface area contributed by atoms with Gasteiger partial charge in [0.2, 0.25) is 0 Å². The predicted octanol–water partition coefficient (Wildman–Crippen LogP) is 3.04. The molecule has 20 heavy (non-hydrogen) atoms. The third kappa shape index (κ3) is 3.12. The topological polar surface area (TPSA) is 101 Å². The fourth-order valence-corrected chi connectivity index (χ4v) is 2.02. The Bertz CT molecular complexity index is 684. The second kappa shape index (κ2) is 5.98.